The minimum atomic E-state index is -0.297. The van der Waals surface area contributed by atoms with Gasteiger partial charge in [0.1, 0.15) is 0 Å². The minimum absolute atomic E-state index is 0.290. The number of thiocarbonyl (C=S) groups is 1. The first-order valence-electron chi connectivity index (χ1n) is 6.75. The zero-order valence-corrected chi connectivity index (χ0v) is 13.4. The van der Waals surface area contributed by atoms with Crippen LogP contribution in [0.5, 0.6) is 0 Å². The van der Waals surface area contributed by atoms with Gasteiger partial charge in [0, 0.05) is 5.56 Å². The third kappa shape index (κ3) is 2.84. The fourth-order valence-corrected chi connectivity index (χ4v) is 3.72. The Morgan fingerprint density at radius 3 is 2.14 bits per heavy atom. The number of amides is 1. The van der Waals surface area contributed by atoms with Gasteiger partial charge in [-0.2, -0.15) is 4.99 Å². The van der Waals surface area contributed by atoms with Crippen LogP contribution in [0.2, 0.25) is 0 Å². The second kappa shape index (κ2) is 6.64. The van der Waals surface area contributed by atoms with Crippen LogP contribution in [0.15, 0.2) is 71.5 Å². The van der Waals surface area contributed by atoms with Crippen molar-refractivity contribution < 1.29 is 4.79 Å². The molecule has 4 heteroatoms. The Balaban J connectivity index is 2.24. The van der Waals surface area contributed by atoms with Crippen molar-refractivity contribution in [3.63, 3.8) is 0 Å². The van der Waals surface area contributed by atoms with E-state index >= 15 is 0 Å². The van der Waals surface area contributed by atoms with E-state index in [-0.39, 0.29) is 14.1 Å². The summed E-state index contributed by atoms with van der Waals surface area (Å²) >= 11 is 4.57. The smallest absolute Gasteiger partial charge is 0.266 e. The molecule has 1 amide bonds. The molecule has 2 aromatic carbocycles. The van der Waals surface area contributed by atoms with E-state index in [2.05, 4.69) is 40.3 Å². The van der Waals surface area contributed by atoms with Crippen LogP contribution < -0.4 is 0 Å². The van der Waals surface area contributed by atoms with Crippen molar-refractivity contribution in [3.8, 4) is 22.3 Å². The lowest BCUT2D eigenvalue weighted by molar-refractivity contribution is 0.101. The molecule has 3 aromatic rings. The van der Waals surface area contributed by atoms with E-state index < -0.39 is 0 Å². The molecule has 0 N–H and O–H groups in total. The molecule has 0 fully saturated rings. The van der Waals surface area contributed by atoms with Crippen molar-refractivity contribution in [3.05, 3.63) is 71.8 Å². The van der Waals surface area contributed by atoms with Crippen molar-refractivity contribution in [2.24, 2.45) is 4.99 Å². The molecule has 2 nitrogen and oxygen atoms in total. The highest BCUT2D eigenvalue weighted by Crippen LogP contribution is 2.41. The van der Waals surface area contributed by atoms with E-state index in [1.54, 1.807) is 0 Å². The van der Waals surface area contributed by atoms with Gasteiger partial charge in [0.15, 0.2) is 0 Å². The molecule has 1 aromatic heterocycles. The first kappa shape index (κ1) is 14.6. The number of carbonyl (C=O) groups excluding carboxylic acids is 1. The molecule has 1 unspecified atom stereocenters. The summed E-state index contributed by atoms with van der Waals surface area (Å²) in [6.07, 6.45) is 0. The van der Waals surface area contributed by atoms with Gasteiger partial charge < -0.3 is 0 Å². The van der Waals surface area contributed by atoms with Crippen molar-refractivity contribution in [2.75, 3.05) is 0 Å². The highest BCUT2D eigenvalue weighted by atomic mass is 32.1. The van der Waals surface area contributed by atoms with E-state index in [1.807, 2.05) is 48.5 Å². The summed E-state index contributed by atoms with van der Waals surface area (Å²) in [5, 5.41) is 2.87. The largest absolute Gasteiger partial charge is 0.290 e. The van der Waals surface area contributed by atoms with Crippen LogP contribution in [0.3, 0.4) is 0 Å². The summed E-state index contributed by atoms with van der Waals surface area (Å²) in [4.78, 5) is 15.9. The number of hydrogen-bond donors (Lipinski definition) is 0. The summed E-state index contributed by atoms with van der Waals surface area (Å²) in [7, 11) is 0.290. The number of benzene rings is 2. The first-order chi connectivity index (χ1) is 10.8. The Labute approximate surface area is 135 Å². The maximum Gasteiger partial charge on any atom is 0.290 e. The molecular formula is C18H12NOPS. The summed E-state index contributed by atoms with van der Waals surface area (Å²) < 4.78 is 0. The van der Waals surface area contributed by atoms with Gasteiger partial charge in [-0.3, -0.25) is 4.79 Å². The van der Waals surface area contributed by atoms with Crippen molar-refractivity contribution in [1.82, 2.24) is 0 Å². The van der Waals surface area contributed by atoms with Gasteiger partial charge in [0.25, 0.3) is 5.91 Å². The minimum Gasteiger partial charge on any atom is -0.266 e. The summed E-state index contributed by atoms with van der Waals surface area (Å²) in [6.45, 7) is 0. The van der Waals surface area contributed by atoms with Crippen molar-refractivity contribution >= 4 is 31.5 Å². The van der Waals surface area contributed by atoms with Crippen LogP contribution in [-0.4, -0.2) is 11.1 Å². The third-order valence-corrected chi connectivity index (χ3v) is 4.67. The van der Waals surface area contributed by atoms with E-state index in [1.165, 1.54) is 0 Å². The molecule has 1 heterocycles. The second-order valence-corrected chi connectivity index (χ2v) is 5.95. The fourth-order valence-electron chi connectivity index (χ4n) is 2.44. The van der Waals surface area contributed by atoms with Crippen LogP contribution in [0.1, 0.15) is 10.1 Å². The van der Waals surface area contributed by atoms with Crippen molar-refractivity contribution in [1.29, 1.82) is 0 Å². The lowest BCUT2D eigenvalue weighted by atomic mass is 9.97. The summed E-state index contributed by atoms with van der Waals surface area (Å²) in [5.74, 6) is 1.80. The zero-order valence-electron chi connectivity index (χ0n) is 11.6. The normalized spacial score (nSPS) is 10.4. The monoisotopic (exact) mass is 321 g/mol. The summed E-state index contributed by atoms with van der Waals surface area (Å²) in [6, 6.07) is 20.0. The average molecular weight is 321 g/mol. The molecule has 3 rings (SSSR count). The average Bonchev–Trinajstić information content (AvgIpc) is 3.02. The van der Waals surface area contributed by atoms with Crippen LogP contribution in [0, 0.1) is 0 Å². The van der Waals surface area contributed by atoms with E-state index in [4.69, 9.17) is 0 Å². The zero-order chi connectivity index (χ0) is 15.4. The Hall–Kier alpha value is -2.31. The van der Waals surface area contributed by atoms with Gasteiger partial charge in [0.2, 0.25) is 0 Å². The number of hydrogen-bond acceptors (Lipinski definition) is 2. The molecule has 0 spiro atoms. The number of aliphatic imine (C=N–C) groups is 1. The number of isothiocyanates is 1. The fraction of sp³-hybridized carbons (Fsp3) is 0. The molecule has 22 heavy (non-hydrogen) atoms. The molecule has 1 atom stereocenters. The quantitative estimate of drug-likeness (QED) is 0.484. The molecule has 0 aliphatic carbocycles. The van der Waals surface area contributed by atoms with Crippen LogP contribution >= 0.6 is 20.4 Å². The second-order valence-electron chi connectivity index (χ2n) is 4.69. The summed E-state index contributed by atoms with van der Waals surface area (Å²) in [5.41, 5.74) is 4.14. The molecule has 0 aliphatic heterocycles. The standard InChI is InChI=1S/C18H12NOPS/c20-18(19-12-22)17-16(14-9-5-2-6-10-14)15(11-21-17)13-7-3-1-4-8-13/h1-11,21H. The Kier molecular flexibility index (Phi) is 4.41. The van der Waals surface area contributed by atoms with Gasteiger partial charge >= 0.3 is 0 Å². The van der Waals surface area contributed by atoms with Crippen molar-refractivity contribution in [2.45, 2.75) is 0 Å². The highest BCUT2D eigenvalue weighted by Gasteiger charge is 2.18. The van der Waals surface area contributed by atoms with Crippen LogP contribution in [0.4, 0.5) is 0 Å². The highest BCUT2D eigenvalue weighted by molar-refractivity contribution is 7.78. The van der Waals surface area contributed by atoms with Gasteiger partial charge in [-0.15, -0.1) is 8.19 Å². The molecule has 0 radical (unpaired) electrons. The maximum absolute atomic E-state index is 12.2. The van der Waals surface area contributed by atoms with E-state index in [9.17, 15) is 4.79 Å². The third-order valence-electron chi connectivity index (χ3n) is 3.39. The van der Waals surface area contributed by atoms with E-state index in [0.29, 0.717) is 5.30 Å². The number of rotatable bonds is 3. The first-order valence-corrected chi connectivity index (χ1v) is 8.24. The Morgan fingerprint density at radius 2 is 1.55 bits per heavy atom. The molecule has 0 aliphatic rings. The number of carbonyl (C=O) groups is 1. The van der Waals surface area contributed by atoms with Gasteiger partial charge in [-0.05, 0) is 34.7 Å². The molecule has 106 valence electrons. The van der Waals surface area contributed by atoms with Gasteiger partial charge in [0.05, 0.1) is 10.5 Å². The van der Waals surface area contributed by atoms with Gasteiger partial charge in [-0.1, -0.05) is 60.7 Å². The SMILES string of the molecule is O=C(N=C=S)c1[pH]cc(-c2ccccc2)c1-c1ccccc1. The molecular weight excluding hydrogens is 309 g/mol. The number of nitrogens with zero attached hydrogens (tertiary/aromatic N) is 1. The molecule has 0 saturated carbocycles. The Morgan fingerprint density at radius 1 is 0.955 bits per heavy atom. The predicted octanol–water partition coefficient (Wildman–Crippen LogP) is 5.29. The lowest BCUT2D eigenvalue weighted by Gasteiger charge is -2.07. The predicted molar refractivity (Wildman–Crippen MR) is 96.2 cm³/mol. The lowest BCUT2D eigenvalue weighted by Crippen LogP contribution is -1.93. The van der Waals surface area contributed by atoms with Crippen LogP contribution in [-0.2, 0) is 0 Å². The Bertz CT molecular complexity index is 849. The van der Waals surface area contributed by atoms with Gasteiger partial charge in [-0.25, -0.2) is 0 Å². The topological polar surface area (TPSA) is 29.4 Å². The molecule has 0 bridgehead atoms. The molecule has 0 saturated heterocycles. The van der Waals surface area contributed by atoms with E-state index in [0.717, 1.165) is 22.3 Å². The maximum atomic E-state index is 12.2. The van der Waals surface area contributed by atoms with Crippen LogP contribution in [0.25, 0.3) is 22.3 Å².